The van der Waals surface area contributed by atoms with E-state index < -0.39 is 0 Å². The second-order valence-electron chi connectivity index (χ2n) is 6.48. The third-order valence-corrected chi connectivity index (χ3v) is 4.74. The predicted octanol–water partition coefficient (Wildman–Crippen LogP) is 6.41. The van der Waals surface area contributed by atoms with Crippen LogP contribution in [0.4, 0.5) is 0 Å². The van der Waals surface area contributed by atoms with Crippen LogP contribution in [0.25, 0.3) is 0 Å². The first-order chi connectivity index (χ1) is 11.8. The lowest BCUT2D eigenvalue weighted by atomic mass is 9.83. The fraction of sp³-hybridized carbons (Fsp3) is 0.208. The summed E-state index contributed by atoms with van der Waals surface area (Å²) in [5.74, 6) is 0.862. The fourth-order valence-corrected chi connectivity index (χ4v) is 3.34. The van der Waals surface area contributed by atoms with Crippen molar-refractivity contribution in [1.29, 1.82) is 0 Å². The van der Waals surface area contributed by atoms with Gasteiger partial charge >= 0.3 is 0 Å². The summed E-state index contributed by atoms with van der Waals surface area (Å²) in [4.78, 5) is 0. The molecule has 3 aromatic carbocycles. The van der Waals surface area contributed by atoms with Crippen molar-refractivity contribution in [2.75, 3.05) is 0 Å². The van der Waals surface area contributed by atoms with E-state index in [9.17, 15) is 0 Å². The minimum atomic E-state index is 0.326. The monoisotopic (exact) mass is 313 g/mol. The summed E-state index contributed by atoms with van der Waals surface area (Å²) in [5, 5.41) is 0. The fourth-order valence-electron chi connectivity index (χ4n) is 3.34. The Balaban J connectivity index is 1.72. The minimum absolute atomic E-state index is 0.326. The Morgan fingerprint density at radius 2 is 1.12 bits per heavy atom. The zero-order chi connectivity index (χ0) is 16.6. The molecule has 2 unspecified atom stereocenters. The SMILES string of the molecule is [CH2]C(CC(CCc1ccccc1)c1ccccc1)c1ccccc1. The van der Waals surface area contributed by atoms with Gasteiger partial charge in [-0.15, -0.1) is 0 Å². The van der Waals surface area contributed by atoms with Crippen LogP contribution in [0, 0.1) is 6.92 Å². The van der Waals surface area contributed by atoms with Gasteiger partial charge in [0.15, 0.2) is 0 Å². The lowest BCUT2D eigenvalue weighted by Crippen LogP contribution is -2.06. The van der Waals surface area contributed by atoms with Crippen LogP contribution < -0.4 is 0 Å². The van der Waals surface area contributed by atoms with E-state index in [1.807, 2.05) is 0 Å². The Bertz CT molecular complexity index is 701. The second-order valence-corrected chi connectivity index (χ2v) is 6.48. The van der Waals surface area contributed by atoms with E-state index in [1.54, 1.807) is 0 Å². The van der Waals surface area contributed by atoms with Gasteiger partial charge in [0, 0.05) is 0 Å². The van der Waals surface area contributed by atoms with Crippen molar-refractivity contribution in [1.82, 2.24) is 0 Å². The van der Waals surface area contributed by atoms with Crippen molar-refractivity contribution >= 4 is 0 Å². The lowest BCUT2D eigenvalue weighted by Gasteiger charge is -2.22. The van der Waals surface area contributed by atoms with E-state index in [0.717, 1.165) is 19.3 Å². The molecule has 0 spiro atoms. The van der Waals surface area contributed by atoms with E-state index >= 15 is 0 Å². The number of rotatable bonds is 7. The highest BCUT2D eigenvalue weighted by atomic mass is 14.2. The van der Waals surface area contributed by atoms with E-state index in [0.29, 0.717) is 11.8 Å². The molecule has 3 aromatic rings. The Labute approximate surface area is 146 Å². The van der Waals surface area contributed by atoms with Gasteiger partial charge < -0.3 is 0 Å². The highest BCUT2D eigenvalue weighted by Gasteiger charge is 2.16. The van der Waals surface area contributed by atoms with Gasteiger partial charge in [-0.2, -0.15) is 0 Å². The van der Waals surface area contributed by atoms with E-state index in [-0.39, 0.29) is 0 Å². The predicted molar refractivity (Wildman–Crippen MR) is 103 cm³/mol. The molecular weight excluding hydrogens is 288 g/mol. The van der Waals surface area contributed by atoms with Gasteiger partial charge in [0.2, 0.25) is 0 Å². The first-order valence-electron chi connectivity index (χ1n) is 8.80. The molecule has 0 fully saturated rings. The highest BCUT2D eigenvalue weighted by molar-refractivity contribution is 5.25. The normalized spacial score (nSPS) is 13.4. The molecule has 121 valence electrons. The third kappa shape index (κ3) is 4.58. The van der Waals surface area contributed by atoms with Crippen molar-refractivity contribution in [2.24, 2.45) is 0 Å². The molecule has 0 nitrogen and oxygen atoms in total. The molecular formula is C24H25. The summed E-state index contributed by atoms with van der Waals surface area (Å²) < 4.78 is 0. The zero-order valence-electron chi connectivity index (χ0n) is 14.1. The first kappa shape index (κ1) is 16.5. The summed E-state index contributed by atoms with van der Waals surface area (Å²) in [7, 11) is 0. The van der Waals surface area contributed by atoms with Crippen LogP contribution in [0.3, 0.4) is 0 Å². The Hall–Kier alpha value is -2.34. The van der Waals surface area contributed by atoms with Crippen LogP contribution in [0.15, 0.2) is 91.0 Å². The van der Waals surface area contributed by atoms with Gasteiger partial charge in [-0.25, -0.2) is 0 Å². The van der Waals surface area contributed by atoms with Crippen molar-refractivity contribution in [3.05, 3.63) is 115 Å². The molecule has 2 atom stereocenters. The Kier molecular flexibility index (Phi) is 5.85. The largest absolute Gasteiger partial charge is 0.0622 e. The van der Waals surface area contributed by atoms with Crippen LogP contribution in [0.1, 0.15) is 41.4 Å². The van der Waals surface area contributed by atoms with E-state index in [2.05, 4.69) is 97.9 Å². The van der Waals surface area contributed by atoms with Gasteiger partial charge in [0.05, 0.1) is 0 Å². The molecule has 0 aliphatic carbocycles. The molecule has 1 radical (unpaired) electrons. The van der Waals surface area contributed by atoms with Crippen LogP contribution in [-0.4, -0.2) is 0 Å². The number of aryl methyl sites for hydroxylation is 1. The molecule has 0 amide bonds. The molecule has 0 N–H and O–H groups in total. The van der Waals surface area contributed by atoms with Gasteiger partial charge in [0.25, 0.3) is 0 Å². The van der Waals surface area contributed by atoms with Gasteiger partial charge in [-0.1, -0.05) is 91.0 Å². The molecule has 0 aliphatic rings. The smallest absolute Gasteiger partial charge is 0.0153 e. The zero-order valence-corrected chi connectivity index (χ0v) is 14.1. The third-order valence-electron chi connectivity index (χ3n) is 4.74. The quantitative estimate of drug-likeness (QED) is 0.472. The molecule has 0 bridgehead atoms. The summed E-state index contributed by atoms with van der Waals surface area (Å²) in [6, 6.07) is 32.3. The Morgan fingerprint density at radius 3 is 1.71 bits per heavy atom. The first-order valence-corrected chi connectivity index (χ1v) is 8.80. The number of hydrogen-bond donors (Lipinski definition) is 0. The molecule has 0 aromatic heterocycles. The molecule has 0 saturated heterocycles. The van der Waals surface area contributed by atoms with Crippen LogP contribution in [-0.2, 0) is 6.42 Å². The topological polar surface area (TPSA) is 0 Å². The van der Waals surface area contributed by atoms with Gasteiger partial charge in [-0.3, -0.25) is 0 Å². The molecule has 0 saturated carbocycles. The van der Waals surface area contributed by atoms with Crippen molar-refractivity contribution in [3.8, 4) is 0 Å². The minimum Gasteiger partial charge on any atom is -0.0622 e. The maximum Gasteiger partial charge on any atom is -0.0153 e. The summed E-state index contributed by atoms with van der Waals surface area (Å²) in [5.41, 5.74) is 4.18. The lowest BCUT2D eigenvalue weighted by molar-refractivity contribution is 0.546. The van der Waals surface area contributed by atoms with E-state index in [1.165, 1.54) is 16.7 Å². The summed E-state index contributed by atoms with van der Waals surface area (Å²) >= 11 is 0. The van der Waals surface area contributed by atoms with Crippen LogP contribution in [0.2, 0.25) is 0 Å². The Morgan fingerprint density at radius 1 is 0.625 bits per heavy atom. The van der Waals surface area contributed by atoms with E-state index in [4.69, 9.17) is 0 Å². The second kappa shape index (κ2) is 8.49. The highest BCUT2D eigenvalue weighted by Crippen LogP contribution is 2.32. The maximum atomic E-state index is 4.43. The summed E-state index contributed by atoms with van der Waals surface area (Å²) in [6.45, 7) is 4.43. The molecule has 0 aliphatic heterocycles. The van der Waals surface area contributed by atoms with Crippen LogP contribution >= 0.6 is 0 Å². The van der Waals surface area contributed by atoms with Gasteiger partial charge in [0.1, 0.15) is 0 Å². The maximum absolute atomic E-state index is 4.43. The molecule has 0 heterocycles. The van der Waals surface area contributed by atoms with Gasteiger partial charge in [-0.05, 0) is 54.7 Å². The van der Waals surface area contributed by atoms with Crippen LogP contribution in [0.5, 0.6) is 0 Å². The molecule has 3 rings (SSSR count). The van der Waals surface area contributed by atoms with Crippen molar-refractivity contribution in [3.63, 3.8) is 0 Å². The average molecular weight is 313 g/mol. The number of benzene rings is 3. The molecule has 24 heavy (non-hydrogen) atoms. The molecule has 0 heteroatoms. The standard InChI is InChI=1S/C24H25/c1-20(22-13-7-3-8-14-22)19-24(23-15-9-4-10-16-23)18-17-21-11-5-2-6-12-21/h2-16,20,24H,1,17-19H2. The van der Waals surface area contributed by atoms with Crippen molar-refractivity contribution < 1.29 is 0 Å². The summed E-state index contributed by atoms with van der Waals surface area (Å²) in [6.07, 6.45) is 3.36. The average Bonchev–Trinajstić information content (AvgIpc) is 2.67. The number of hydrogen-bond acceptors (Lipinski definition) is 0. The van der Waals surface area contributed by atoms with Crippen molar-refractivity contribution in [2.45, 2.75) is 31.1 Å².